The molecule has 0 aromatic carbocycles. The van der Waals surface area contributed by atoms with E-state index < -0.39 is 0 Å². The number of aliphatic hydroxyl groups excluding tert-OH is 1. The first-order valence-electron chi connectivity index (χ1n) is 5.07. The molecular weight excluding hydrogens is 152 g/mol. The topological polar surface area (TPSA) is 29.5 Å². The van der Waals surface area contributed by atoms with E-state index in [2.05, 4.69) is 0 Å². The third kappa shape index (κ3) is 1.64. The first-order chi connectivity index (χ1) is 5.81. The molecule has 2 heteroatoms. The van der Waals surface area contributed by atoms with E-state index in [1.807, 2.05) is 6.92 Å². The number of rotatable bonds is 4. The summed E-state index contributed by atoms with van der Waals surface area (Å²) >= 11 is 0. The van der Waals surface area contributed by atoms with E-state index in [-0.39, 0.29) is 6.10 Å². The Morgan fingerprint density at radius 1 is 1.33 bits per heavy atom. The maximum absolute atomic E-state index is 9.69. The van der Waals surface area contributed by atoms with E-state index >= 15 is 0 Å². The molecule has 2 fully saturated rings. The number of fused-ring (bicyclic) bond motifs is 1. The highest BCUT2D eigenvalue weighted by molar-refractivity contribution is 4.97. The van der Waals surface area contributed by atoms with Gasteiger partial charge in [-0.1, -0.05) is 0 Å². The lowest BCUT2D eigenvalue weighted by molar-refractivity contribution is 0.00754. The van der Waals surface area contributed by atoms with Crippen molar-refractivity contribution in [1.29, 1.82) is 0 Å². The summed E-state index contributed by atoms with van der Waals surface area (Å²) in [6, 6.07) is 0. The van der Waals surface area contributed by atoms with Crippen LogP contribution in [0.4, 0.5) is 0 Å². The Hall–Kier alpha value is -0.0800. The van der Waals surface area contributed by atoms with E-state index in [0.29, 0.717) is 12.5 Å². The van der Waals surface area contributed by atoms with Crippen LogP contribution < -0.4 is 0 Å². The predicted molar refractivity (Wildman–Crippen MR) is 46.8 cm³/mol. The van der Waals surface area contributed by atoms with Crippen LogP contribution >= 0.6 is 0 Å². The van der Waals surface area contributed by atoms with E-state index in [1.54, 1.807) is 0 Å². The molecule has 3 unspecified atom stereocenters. The van der Waals surface area contributed by atoms with Crippen molar-refractivity contribution >= 4 is 0 Å². The van der Waals surface area contributed by atoms with Gasteiger partial charge < -0.3 is 9.84 Å². The normalized spacial score (nSPS) is 41.0. The van der Waals surface area contributed by atoms with Crippen molar-refractivity contribution in [3.8, 4) is 0 Å². The fourth-order valence-corrected chi connectivity index (χ4v) is 2.45. The molecule has 2 nitrogen and oxygen atoms in total. The van der Waals surface area contributed by atoms with Crippen molar-refractivity contribution in [1.82, 2.24) is 0 Å². The highest BCUT2D eigenvalue weighted by atomic mass is 16.5. The van der Waals surface area contributed by atoms with Crippen LogP contribution in [-0.4, -0.2) is 24.4 Å². The van der Waals surface area contributed by atoms with E-state index in [4.69, 9.17) is 4.74 Å². The van der Waals surface area contributed by atoms with Crippen molar-refractivity contribution in [2.24, 2.45) is 17.8 Å². The molecule has 2 saturated carbocycles. The summed E-state index contributed by atoms with van der Waals surface area (Å²) in [5.41, 5.74) is 0. The molecule has 3 atom stereocenters. The molecule has 0 aromatic heterocycles. The first-order valence-corrected chi connectivity index (χ1v) is 5.07. The fraction of sp³-hybridized carbons (Fsp3) is 1.00. The van der Waals surface area contributed by atoms with Gasteiger partial charge in [-0.3, -0.25) is 0 Å². The molecule has 0 amide bonds. The highest BCUT2D eigenvalue weighted by Gasteiger charge is 2.47. The summed E-state index contributed by atoms with van der Waals surface area (Å²) < 4.78 is 5.21. The van der Waals surface area contributed by atoms with Gasteiger partial charge in [0.2, 0.25) is 0 Å². The third-order valence-corrected chi connectivity index (χ3v) is 3.32. The summed E-state index contributed by atoms with van der Waals surface area (Å²) in [5.74, 6) is 2.47. The van der Waals surface area contributed by atoms with Crippen LogP contribution in [0.3, 0.4) is 0 Å². The Bertz CT molecular complexity index is 148. The van der Waals surface area contributed by atoms with Gasteiger partial charge in [-0.25, -0.2) is 0 Å². The predicted octanol–water partition coefficient (Wildman–Crippen LogP) is 1.43. The summed E-state index contributed by atoms with van der Waals surface area (Å²) in [7, 11) is 0. The minimum atomic E-state index is -0.197. The summed E-state index contributed by atoms with van der Waals surface area (Å²) in [6.45, 7) is 3.23. The first kappa shape index (κ1) is 8.52. The zero-order valence-corrected chi connectivity index (χ0v) is 7.70. The molecule has 0 bridgehead atoms. The SMILES string of the molecule is CCOCC(O)C1CC2CC2C1. The van der Waals surface area contributed by atoms with Crippen LogP contribution in [0, 0.1) is 17.8 Å². The monoisotopic (exact) mass is 170 g/mol. The summed E-state index contributed by atoms with van der Waals surface area (Å²) in [4.78, 5) is 0. The van der Waals surface area contributed by atoms with Gasteiger partial charge in [0.1, 0.15) is 0 Å². The van der Waals surface area contributed by atoms with Crippen molar-refractivity contribution < 1.29 is 9.84 Å². The third-order valence-electron chi connectivity index (χ3n) is 3.32. The van der Waals surface area contributed by atoms with Crippen LogP contribution in [0.25, 0.3) is 0 Å². The molecule has 0 saturated heterocycles. The van der Waals surface area contributed by atoms with Crippen molar-refractivity contribution in [3.63, 3.8) is 0 Å². The number of hydrogen-bond acceptors (Lipinski definition) is 2. The lowest BCUT2D eigenvalue weighted by Crippen LogP contribution is -2.24. The molecule has 0 aliphatic heterocycles. The molecule has 0 heterocycles. The second kappa shape index (κ2) is 3.35. The smallest absolute Gasteiger partial charge is 0.0801 e. The zero-order chi connectivity index (χ0) is 8.55. The minimum absolute atomic E-state index is 0.197. The van der Waals surface area contributed by atoms with Gasteiger partial charge in [-0.05, 0) is 43.9 Å². The molecule has 2 aliphatic rings. The van der Waals surface area contributed by atoms with E-state index in [9.17, 15) is 5.11 Å². The highest BCUT2D eigenvalue weighted by Crippen LogP contribution is 2.55. The Morgan fingerprint density at radius 3 is 2.58 bits per heavy atom. The molecule has 2 aliphatic carbocycles. The average molecular weight is 170 g/mol. The van der Waals surface area contributed by atoms with Gasteiger partial charge in [-0.15, -0.1) is 0 Å². The Kier molecular flexibility index (Phi) is 2.37. The van der Waals surface area contributed by atoms with Crippen LogP contribution in [0.5, 0.6) is 0 Å². The van der Waals surface area contributed by atoms with Crippen molar-refractivity contribution in [2.45, 2.75) is 32.3 Å². The standard InChI is InChI=1S/C10H18O2/c1-2-12-6-10(11)9-4-7-3-8(7)5-9/h7-11H,2-6H2,1H3. The molecule has 1 N–H and O–H groups in total. The van der Waals surface area contributed by atoms with Crippen LogP contribution in [0.2, 0.25) is 0 Å². The maximum Gasteiger partial charge on any atom is 0.0801 e. The quantitative estimate of drug-likeness (QED) is 0.691. The molecule has 0 aromatic rings. The Balaban J connectivity index is 1.70. The van der Waals surface area contributed by atoms with Gasteiger partial charge in [0.15, 0.2) is 0 Å². The van der Waals surface area contributed by atoms with Crippen LogP contribution in [0.15, 0.2) is 0 Å². The molecule has 2 rings (SSSR count). The number of aliphatic hydroxyl groups is 1. The van der Waals surface area contributed by atoms with Crippen LogP contribution in [0.1, 0.15) is 26.2 Å². The summed E-state index contributed by atoms with van der Waals surface area (Å²) in [5, 5.41) is 9.69. The Morgan fingerprint density at radius 2 is 2.00 bits per heavy atom. The van der Waals surface area contributed by atoms with Gasteiger partial charge >= 0.3 is 0 Å². The van der Waals surface area contributed by atoms with Gasteiger partial charge in [0.25, 0.3) is 0 Å². The van der Waals surface area contributed by atoms with Gasteiger partial charge in [0, 0.05) is 6.61 Å². The Labute approximate surface area is 73.9 Å². The molecule has 12 heavy (non-hydrogen) atoms. The average Bonchev–Trinajstić information content (AvgIpc) is 2.69. The summed E-state index contributed by atoms with van der Waals surface area (Å²) in [6.07, 6.45) is 3.73. The van der Waals surface area contributed by atoms with Crippen LogP contribution in [-0.2, 0) is 4.74 Å². The molecular formula is C10H18O2. The molecule has 0 radical (unpaired) electrons. The second-order valence-electron chi connectivity index (χ2n) is 4.21. The van der Waals surface area contributed by atoms with E-state index in [0.717, 1.165) is 18.4 Å². The molecule has 70 valence electrons. The molecule has 0 spiro atoms. The van der Waals surface area contributed by atoms with E-state index in [1.165, 1.54) is 19.3 Å². The largest absolute Gasteiger partial charge is 0.390 e. The lowest BCUT2D eigenvalue weighted by Gasteiger charge is -2.18. The zero-order valence-electron chi connectivity index (χ0n) is 7.70. The van der Waals surface area contributed by atoms with Crippen molar-refractivity contribution in [2.75, 3.05) is 13.2 Å². The number of ether oxygens (including phenoxy) is 1. The number of hydrogen-bond donors (Lipinski definition) is 1. The van der Waals surface area contributed by atoms with Gasteiger partial charge in [-0.2, -0.15) is 0 Å². The second-order valence-corrected chi connectivity index (χ2v) is 4.21. The minimum Gasteiger partial charge on any atom is -0.390 e. The van der Waals surface area contributed by atoms with Crippen molar-refractivity contribution in [3.05, 3.63) is 0 Å². The van der Waals surface area contributed by atoms with Gasteiger partial charge in [0.05, 0.1) is 12.7 Å². The fourth-order valence-electron chi connectivity index (χ4n) is 2.45. The lowest BCUT2D eigenvalue weighted by atomic mass is 9.97. The maximum atomic E-state index is 9.69.